The second-order valence-electron chi connectivity index (χ2n) is 9.23. The van der Waals surface area contributed by atoms with Gasteiger partial charge in [-0.1, -0.05) is 13.8 Å². The molecule has 3 amide bonds. The average Bonchev–Trinajstić information content (AvgIpc) is 3.26. The van der Waals surface area contributed by atoms with Crippen LogP contribution in [-0.2, 0) is 20.9 Å². The van der Waals surface area contributed by atoms with Gasteiger partial charge >= 0.3 is 0 Å². The predicted molar refractivity (Wildman–Crippen MR) is 128 cm³/mol. The Bertz CT molecular complexity index is 1050. The van der Waals surface area contributed by atoms with Gasteiger partial charge < -0.3 is 19.7 Å². The van der Waals surface area contributed by atoms with E-state index < -0.39 is 11.8 Å². The van der Waals surface area contributed by atoms with Crippen molar-refractivity contribution in [2.75, 3.05) is 26.8 Å². The molecule has 1 aromatic heterocycles. The van der Waals surface area contributed by atoms with E-state index in [0.29, 0.717) is 43.8 Å². The highest BCUT2D eigenvalue weighted by atomic mass is 16.5. The Labute approximate surface area is 205 Å². The van der Waals surface area contributed by atoms with Crippen molar-refractivity contribution in [2.24, 2.45) is 5.92 Å². The van der Waals surface area contributed by atoms with Gasteiger partial charge in [-0.05, 0) is 42.0 Å². The molecule has 1 atom stereocenters. The molecule has 35 heavy (non-hydrogen) atoms. The lowest BCUT2D eigenvalue weighted by molar-refractivity contribution is -0.146. The molecule has 4 rings (SSSR count). The highest BCUT2D eigenvalue weighted by molar-refractivity contribution is 5.98. The summed E-state index contributed by atoms with van der Waals surface area (Å²) in [6.45, 7) is 5.11. The van der Waals surface area contributed by atoms with Crippen LogP contribution >= 0.6 is 0 Å². The fourth-order valence-electron chi connectivity index (χ4n) is 4.69. The zero-order valence-corrected chi connectivity index (χ0v) is 20.4. The zero-order valence-electron chi connectivity index (χ0n) is 20.4. The largest absolute Gasteiger partial charge is 0.497 e. The van der Waals surface area contributed by atoms with Crippen LogP contribution in [-0.4, -0.2) is 71.1 Å². The summed E-state index contributed by atoms with van der Waals surface area (Å²) in [5.74, 6) is 0.0648. The van der Waals surface area contributed by atoms with Gasteiger partial charge in [0.15, 0.2) is 0 Å². The van der Waals surface area contributed by atoms with Crippen LogP contribution in [0.5, 0.6) is 5.75 Å². The SMILES string of the molecule is COc1ccc(C(=O)N2[C@H](C(=O)NCc3ccncc3)COC23CCN(C(=O)C(C)C)CC3)cc1. The first-order valence-electron chi connectivity index (χ1n) is 11.9. The Morgan fingerprint density at radius 1 is 1.11 bits per heavy atom. The van der Waals surface area contributed by atoms with Crippen molar-refractivity contribution in [3.63, 3.8) is 0 Å². The number of rotatable bonds is 6. The highest BCUT2D eigenvalue weighted by Gasteiger charge is 2.54. The molecule has 3 heterocycles. The van der Waals surface area contributed by atoms with Crippen molar-refractivity contribution in [3.05, 3.63) is 59.9 Å². The molecule has 0 unspecified atom stereocenters. The number of aromatic nitrogens is 1. The number of methoxy groups -OCH3 is 1. The lowest BCUT2D eigenvalue weighted by atomic mass is 9.95. The molecule has 1 aromatic carbocycles. The topological polar surface area (TPSA) is 101 Å². The Hall–Kier alpha value is -3.46. The Kier molecular flexibility index (Phi) is 7.35. The van der Waals surface area contributed by atoms with Gasteiger partial charge in [0, 0.05) is 56.4 Å². The number of nitrogens with zero attached hydrogens (tertiary/aromatic N) is 3. The van der Waals surface area contributed by atoms with Crippen LogP contribution in [0.15, 0.2) is 48.8 Å². The van der Waals surface area contributed by atoms with Gasteiger partial charge in [-0.25, -0.2) is 0 Å². The van der Waals surface area contributed by atoms with Crippen LogP contribution in [0.3, 0.4) is 0 Å². The molecule has 2 aliphatic heterocycles. The Morgan fingerprint density at radius 2 is 1.77 bits per heavy atom. The molecule has 2 fully saturated rings. The van der Waals surface area contributed by atoms with Crippen LogP contribution in [0, 0.1) is 5.92 Å². The number of carbonyl (C=O) groups excluding carboxylic acids is 3. The third kappa shape index (κ3) is 5.14. The molecule has 186 valence electrons. The fraction of sp³-hybridized carbons (Fsp3) is 0.462. The number of ether oxygens (including phenoxy) is 2. The Balaban J connectivity index is 1.57. The van der Waals surface area contributed by atoms with E-state index in [4.69, 9.17) is 9.47 Å². The molecule has 2 aliphatic rings. The van der Waals surface area contributed by atoms with E-state index >= 15 is 0 Å². The monoisotopic (exact) mass is 480 g/mol. The maximum Gasteiger partial charge on any atom is 0.256 e. The van der Waals surface area contributed by atoms with Crippen molar-refractivity contribution in [1.29, 1.82) is 0 Å². The summed E-state index contributed by atoms with van der Waals surface area (Å²) in [6.07, 6.45) is 4.23. The van der Waals surface area contributed by atoms with Gasteiger partial charge in [0.1, 0.15) is 17.5 Å². The molecule has 0 bridgehead atoms. The van der Waals surface area contributed by atoms with Gasteiger partial charge in [-0.3, -0.25) is 24.3 Å². The molecule has 0 aliphatic carbocycles. The van der Waals surface area contributed by atoms with E-state index in [1.165, 1.54) is 0 Å². The number of nitrogens with one attached hydrogen (secondary N) is 1. The fourth-order valence-corrected chi connectivity index (χ4v) is 4.69. The van der Waals surface area contributed by atoms with Crippen LogP contribution in [0.1, 0.15) is 42.6 Å². The number of likely N-dealkylation sites (tertiary alicyclic amines) is 1. The third-order valence-electron chi connectivity index (χ3n) is 6.69. The molecule has 0 saturated carbocycles. The summed E-state index contributed by atoms with van der Waals surface area (Å²) in [7, 11) is 1.57. The van der Waals surface area contributed by atoms with Gasteiger partial charge in [-0.2, -0.15) is 0 Å². The second-order valence-corrected chi connectivity index (χ2v) is 9.23. The normalized spacial score (nSPS) is 19.1. The summed E-state index contributed by atoms with van der Waals surface area (Å²) in [6, 6.07) is 9.70. The summed E-state index contributed by atoms with van der Waals surface area (Å²) in [5.41, 5.74) is 0.419. The first-order chi connectivity index (χ1) is 16.8. The standard InChI is InChI=1S/C26H32N4O5/c1-18(2)24(32)29-14-10-26(11-15-29)30(25(33)20-4-6-21(34-3)7-5-20)22(17-35-26)23(31)28-16-19-8-12-27-13-9-19/h4-9,12-13,18,22H,10-11,14-17H2,1-3H3,(H,28,31)/t22-/m0/s1. The van der Waals surface area contributed by atoms with E-state index in [-0.39, 0.29) is 30.2 Å². The average molecular weight is 481 g/mol. The van der Waals surface area contributed by atoms with Gasteiger partial charge in [0.05, 0.1) is 13.7 Å². The van der Waals surface area contributed by atoms with Crippen molar-refractivity contribution < 1.29 is 23.9 Å². The predicted octanol–water partition coefficient (Wildman–Crippen LogP) is 2.22. The summed E-state index contributed by atoms with van der Waals surface area (Å²) in [4.78, 5) is 46.9. The molecule has 2 aromatic rings. The van der Waals surface area contributed by atoms with Crippen LogP contribution < -0.4 is 10.1 Å². The minimum absolute atomic E-state index is 0.0810. The smallest absolute Gasteiger partial charge is 0.256 e. The second kappa shape index (κ2) is 10.4. The number of hydrogen-bond acceptors (Lipinski definition) is 6. The Morgan fingerprint density at radius 3 is 2.37 bits per heavy atom. The number of pyridine rings is 1. The van der Waals surface area contributed by atoms with Crippen LogP contribution in [0.2, 0.25) is 0 Å². The van der Waals surface area contributed by atoms with Crippen LogP contribution in [0.25, 0.3) is 0 Å². The van der Waals surface area contributed by atoms with E-state index in [2.05, 4.69) is 10.3 Å². The van der Waals surface area contributed by atoms with E-state index in [1.807, 2.05) is 30.9 Å². The maximum absolute atomic E-state index is 13.8. The molecule has 2 saturated heterocycles. The van der Waals surface area contributed by atoms with Gasteiger partial charge in [-0.15, -0.1) is 0 Å². The summed E-state index contributed by atoms with van der Waals surface area (Å²) >= 11 is 0. The van der Waals surface area contributed by atoms with Crippen LogP contribution in [0.4, 0.5) is 0 Å². The van der Waals surface area contributed by atoms with Crippen molar-refractivity contribution in [2.45, 2.75) is 45.0 Å². The molecular formula is C26H32N4O5. The first-order valence-corrected chi connectivity index (χ1v) is 11.9. The van der Waals surface area contributed by atoms with E-state index in [1.54, 1.807) is 48.7 Å². The lowest BCUT2D eigenvalue weighted by Gasteiger charge is -2.44. The number of hydrogen-bond donors (Lipinski definition) is 1. The summed E-state index contributed by atoms with van der Waals surface area (Å²) in [5, 5.41) is 2.93. The van der Waals surface area contributed by atoms with Crippen molar-refractivity contribution in [3.8, 4) is 5.75 Å². The number of piperidine rings is 1. The van der Waals surface area contributed by atoms with E-state index in [9.17, 15) is 14.4 Å². The molecule has 9 heteroatoms. The molecule has 9 nitrogen and oxygen atoms in total. The van der Waals surface area contributed by atoms with Crippen molar-refractivity contribution >= 4 is 17.7 Å². The number of carbonyl (C=O) groups is 3. The highest BCUT2D eigenvalue weighted by Crippen LogP contribution is 2.39. The quantitative estimate of drug-likeness (QED) is 0.681. The molecule has 1 spiro atoms. The van der Waals surface area contributed by atoms with Crippen molar-refractivity contribution in [1.82, 2.24) is 20.1 Å². The maximum atomic E-state index is 13.8. The molecule has 0 radical (unpaired) electrons. The van der Waals surface area contributed by atoms with E-state index in [0.717, 1.165) is 5.56 Å². The van der Waals surface area contributed by atoms with Gasteiger partial charge in [0.2, 0.25) is 11.8 Å². The lowest BCUT2D eigenvalue weighted by Crippen LogP contribution is -2.60. The van der Waals surface area contributed by atoms with Gasteiger partial charge in [0.25, 0.3) is 5.91 Å². The summed E-state index contributed by atoms with van der Waals surface area (Å²) < 4.78 is 11.4. The minimum atomic E-state index is -0.941. The molecular weight excluding hydrogens is 448 g/mol. The number of benzene rings is 1. The minimum Gasteiger partial charge on any atom is -0.497 e. The number of amides is 3. The molecule has 1 N–H and O–H groups in total. The third-order valence-corrected chi connectivity index (χ3v) is 6.69. The first kappa shape index (κ1) is 24.7. The zero-order chi connectivity index (χ0) is 25.0.